The number of halogens is 1. The van der Waals surface area contributed by atoms with Crippen molar-refractivity contribution in [1.29, 1.82) is 0 Å². The van der Waals surface area contributed by atoms with Crippen LogP contribution in [-0.2, 0) is 0 Å². The summed E-state index contributed by atoms with van der Waals surface area (Å²) < 4.78 is 13.3. The summed E-state index contributed by atoms with van der Waals surface area (Å²) in [4.78, 5) is 1.83. The Morgan fingerprint density at radius 1 is 1.36 bits per heavy atom. The van der Waals surface area contributed by atoms with E-state index in [9.17, 15) is 4.39 Å². The van der Waals surface area contributed by atoms with Crippen molar-refractivity contribution in [1.82, 2.24) is 0 Å². The largest absolute Gasteiger partial charge is 0.370 e. The van der Waals surface area contributed by atoms with Gasteiger partial charge in [-0.25, -0.2) is 4.39 Å². The van der Waals surface area contributed by atoms with Crippen molar-refractivity contribution < 1.29 is 4.39 Å². The highest BCUT2D eigenvalue weighted by Gasteiger charge is 2.15. The number of nitrogens with zero attached hydrogens (tertiary/aromatic N) is 1. The summed E-state index contributed by atoms with van der Waals surface area (Å²) in [7, 11) is 1.84. The number of anilines is 1. The molecule has 0 aliphatic heterocycles. The molecule has 0 radical (unpaired) electrons. The lowest BCUT2D eigenvalue weighted by atomic mass is 10.1. The number of likely N-dealkylation sites (N-methyl/N-ethyl adjacent to an activating group) is 1. The number of rotatable bonds is 3. The van der Waals surface area contributed by atoms with Crippen LogP contribution in [0.25, 0.3) is 0 Å². The van der Waals surface area contributed by atoms with Gasteiger partial charge in [-0.3, -0.25) is 0 Å². The van der Waals surface area contributed by atoms with Crippen LogP contribution in [-0.4, -0.2) is 19.1 Å². The molecule has 0 aliphatic carbocycles. The molecule has 3 heteroatoms. The van der Waals surface area contributed by atoms with Crippen LogP contribution in [0.4, 0.5) is 10.1 Å². The smallest absolute Gasteiger partial charge is 0.146 e. The highest BCUT2D eigenvalue weighted by atomic mass is 19.1. The third kappa shape index (κ3) is 3.00. The molecule has 1 rings (SSSR count). The monoisotopic (exact) mass is 196 g/mol. The number of hydrogen-bond donors (Lipinski definition) is 1. The van der Waals surface area contributed by atoms with Crippen LogP contribution >= 0.6 is 0 Å². The molecule has 2 N–H and O–H groups in total. The summed E-state index contributed by atoms with van der Waals surface area (Å²) in [6, 6.07) is 6.70. The second-order valence-electron chi connectivity index (χ2n) is 4.30. The van der Waals surface area contributed by atoms with Crippen molar-refractivity contribution >= 4 is 5.69 Å². The Bertz CT molecular complexity index is 304. The van der Waals surface area contributed by atoms with Crippen LogP contribution < -0.4 is 10.6 Å². The van der Waals surface area contributed by atoms with Crippen molar-refractivity contribution in [2.45, 2.75) is 19.4 Å². The zero-order valence-electron chi connectivity index (χ0n) is 8.92. The third-order valence-electron chi connectivity index (χ3n) is 1.91. The van der Waals surface area contributed by atoms with Crippen molar-refractivity contribution in [3.8, 4) is 0 Å². The number of benzene rings is 1. The van der Waals surface area contributed by atoms with Crippen molar-refractivity contribution in [3.05, 3.63) is 30.1 Å². The number of nitrogens with two attached hydrogens (primary N) is 1. The molecule has 0 bridgehead atoms. The third-order valence-corrected chi connectivity index (χ3v) is 1.91. The predicted octanol–water partition coefficient (Wildman–Crippen LogP) is 2.00. The molecule has 0 aromatic heterocycles. The molecule has 0 aliphatic rings. The highest BCUT2D eigenvalue weighted by Crippen LogP contribution is 2.18. The zero-order valence-corrected chi connectivity index (χ0v) is 8.92. The summed E-state index contributed by atoms with van der Waals surface area (Å²) in [5.41, 5.74) is 6.13. The first kappa shape index (κ1) is 11.0. The van der Waals surface area contributed by atoms with Gasteiger partial charge in [0, 0.05) is 19.1 Å². The SMILES string of the molecule is CN(CC(C)(C)N)c1ccccc1F. The van der Waals surface area contributed by atoms with Crippen LogP contribution in [0.3, 0.4) is 0 Å². The van der Waals surface area contributed by atoms with E-state index in [1.165, 1.54) is 6.07 Å². The minimum atomic E-state index is -0.322. The van der Waals surface area contributed by atoms with E-state index in [-0.39, 0.29) is 11.4 Å². The van der Waals surface area contributed by atoms with Gasteiger partial charge in [0.15, 0.2) is 0 Å². The second-order valence-corrected chi connectivity index (χ2v) is 4.30. The van der Waals surface area contributed by atoms with Crippen LogP contribution in [0, 0.1) is 5.82 Å². The lowest BCUT2D eigenvalue weighted by molar-refractivity contribution is 0.513. The van der Waals surface area contributed by atoms with E-state index in [0.29, 0.717) is 12.2 Å². The van der Waals surface area contributed by atoms with Gasteiger partial charge < -0.3 is 10.6 Å². The fourth-order valence-electron chi connectivity index (χ4n) is 1.46. The van der Waals surface area contributed by atoms with Crippen molar-refractivity contribution in [2.75, 3.05) is 18.5 Å². The van der Waals surface area contributed by atoms with E-state index < -0.39 is 0 Å². The van der Waals surface area contributed by atoms with Gasteiger partial charge in [-0.2, -0.15) is 0 Å². The van der Waals surface area contributed by atoms with Gasteiger partial charge in [0.2, 0.25) is 0 Å². The van der Waals surface area contributed by atoms with Gasteiger partial charge in [-0.1, -0.05) is 12.1 Å². The first-order chi connectivity index (χ1) is 6.40. The van der Waals surface area contributed by atoms with Crippen LogP contribution in [0.2, 0.25) is 0 Å². The zero-order chi connectivity index (χ0) is 10.8. The lowest BCUT2D eigenvalue weighted by Gasteiger charge is -2.28. The van der Waals surface area contributed by atoms with Crippen molar-refractivity contribution in [3.63, 3.8) is 0 Å². The first-order valence-corrected chi connectivity index (χ1v) is 4.65. The molecule has 0 heterocycles. The minimum absolute atomic E-state index is 0.209. The summed E-state index contributed by atoms with van der Waals surface area (Å²) in [5.74, 6) is -0.209. The van der Waals surface area contributed by atoms with Gasteiger partial charge in [-0.05, 0) is 26.0 Å². The molecule has 1 aromatic carbocycles. The summed E-state index contributed by atoms with van der Waals surface area (Å²) in [6.45, 7) is 4.46. The molecule has 78 valence electrons. The predicted molar refractivity (Wildman–Crippen MR) is 57.9 cm³/mol. The van der Waals surface area contributed by atoms with E-state index in [2.05, 4.69) is 0 Å². The Morgan fingerprint density at radius 3 is 2.43 bits per heavy atom. The number of hydrogen-bond acceptors (Lipinski definition) is 2. The Labute approximate surface area is 84.5 Å². The molecule has 0 saturated heterocycles. The second kappa shape index (κ2) is 3.96. The van der Waals surface area contributed by atoms with Crippen LogP contribution in [0.1, 0.15) is 13.8 Å². The molecular formula is C11H17FN2. The summed E-state index contributed by atoms with van der Waals surface area (Å²) in [6.07, 6.45) is 0. The number of para-hydroxylation sites is 1. The van der Waals surface area contributed by atoms with Crippen molar-refractivity contribution in [2.24, 2.45) is 5.73 Å². The summed E-state index contributed by atoms with van der Waals surface area (Å²) >= 11 is 0. The van der Waals surface area contributed by atoms with E-state index in [4.69, 9.17) is 5.73 Å². The van der Waals surface area contributed by atoms with E-state index in [1.807, 2.05) is 31.9 Å². The van der Waals surface area contributed by atoms with Crippen LogP contribution in [0.5, 0.6) is 0 Å². The Kier molecular flexibility index (Phi) is 3.11. The Morgan fingerprint density at radius 2 is 1.93 bits per heavy atom. The Hall–Kier alpha value is -1.09. The topological polar surface area (TPSA) is 29.3 Å². The minimum Gasteiger partial charge on any atom is -0.370 e. The average molecular weight is 196 g/mol. The standard InChI is InChI=1S/C11H17FN2/c1-11(2,13)8-14(3)10-7-5-4-6-9(10)12/h4-7H,8,13H2,1-3H3. The molecule has 0 fully saturated rings. The normalized spacial score (nSPS) is 11.5. The van der Waals surface area contributed by atoms with E-state index in [1.54, 1.807) is 12.1 Å². The maximum Gasteiger partial charge on any atom is 0.146 e. The van der Waals surface area contributed by atoms with Gasteiger partial charge >= 0.3 is 0 Å². The van der Waals surface area contributed by atoms with Gasteiger partial charge in [-0.15, -0.1) is 0 Å². The fraction of sp³-hybridized carbons (Fsp3) is 0.455. The molecule has 0 atom stereocenters. The summed E-state index contributed by atoms with van der Waals surface area (Å²) in [5, 5.41) is 0. The molecule has 14 heavy (non-hydrogen) atoms. The molecule has 0 unspecified atom stereocenters. The lowest BCUT2D eigenvalue weighted by Crippen LogP contribution is -2.44. The van der Waals surface area contributed by atoms with E-state index in [0.717, 1.165) is 0 Å². The maximum atomic E-state index is 13.3. The molecule has 2 nitrogen and oxygen atoms in total. The van der Waals surface area contributed by atoms with E-state index >= 15 is 0 Å². The van der Waals surface area contributed by atoms with Gasteiger partial charge in [0.05, 0.1) is 5.69 Å². The molecule has 0 spiro atoms. The highest BCUT2D eigenvalue weighted by molar-refractivity contribution is 5.47. The van der Waals surface area contributed by atoms with Gasteiger partial charge in [0.1, 0.15) is 5.82 Å². The fourth-order valence-corrected chi connectivity index (χ4v) is 1.46. The molecule has 1 aromatic rings. The molecular weight excluding hydrogens is 179 g/mol. The first-order valence-electron chi connectivity index (χ1n) is 4.65. The van der Waals surface area contributed by atoms with Gasteiger partial charge in [0.25, 0.3) is 0 Å². The van der Waals surface area contributed by atoms with Crippen LogP contribution in [0.15, 0.2) is 24.3 Å². The average Bonchev–Trinajstić information content (AvgIpc) is 2.01. The molecule has 0 saturated carbocycles. The molecule has 0 amide bonds. The maximum absolute atomic E-state index is 13.3. The Balaban J connectivity index is 2.80. The quantitative estimate of drug-likeness (QED) is 0.801.